The van der Waals surface area contributed by atoms with Crippen LogP contribution in [0.1, 0.15) is 21.5 Å². The Labute approximate surface area is 120 Å². The normalized spacial score (nSPS) is 11.0. The molecule has 3 rings (SSSR count). The Hall–Kier alpha value is -2.69. The standard InChI is InChI=1S/C16H13FN2O2/c1-8-3-9(2)5-10(4-8)15-18-13-6-11(16(20)21)12(17)7-14(13)19-15/h3-7H,1-2H3,(H,18,19)(H,20,21). The quantitative estimate of drug-likeness (QED) is 0.754. The lowest BCUT2D eigenvalue weighted by Gasteiger charge is -2.01. The first-order chi connectivity index (χ1) is 9.94. The molecule has 0 aliphatic rings. The zero-order valence-electron chi connectivity index (χ0n) is 11.6. The van der Waals surface area contributed by atoms with E-state index in [9.17, 15) is 9.18 Å². The van der Waals surface area contributed by atoms with Crippen molar-refractivity contribution in [1.29, 1.82) is 0 Å². The van der Waals surface area contributed by atoms with E-state index in [2.05, 4.69) is 9.97 Å². The van der Waals surface area contributed by atoms with E-state index in [-0.39, 0.29) is 5.56 Å². The molecule has 0 aliphatic carbocycles. The predicted molar refractivity (Wildman–Crippen MR) is 77.9 cm³/mol. The second-order valence-electron chi connectivity index (χ2n) is 5.12. The molecule has 106 valence electrons. The first-order valence-corrected chi connectivity index (χ1v) is 6.45. The summed E-state index contributed by atoms with van der Waals surface area (Å²) in [7, 11) is 0. The van der Waals surface area contributed by atoms with E-state index in [0.29, 0.717) is 16.9 Å². The highest BCUT2D eigenvalue weighted by molar-refractivity contribution is 5.93. The highest BCUT2D eigenvalue weighted by atomic mass is 19.1. The molecule has 0 spiro atoms. The number of carboxylic acid groups (broad SMARTS) is 1. The van der Waals surface area contributed by atoms with Crippen molar-refractivity contribution in [2.45, 2.75) is 13.8 Å². The van der Waals surface area contributed by atoms with Crippen LogP contribution in [-0.2, 0) is 0 Å². The Bertz CT molecular complexity index is 848. The number of benzene rings is 2. The maximum atomic E-state index is 13.7. The van der Waals surface area contributed by atoms with Crippen LogP contribution < -0.4 is 0 Å². The van der Waals surface area contributed by atoms with E-state index in [1.54, 1.807) is 0 Å². The molecule has 4 nitrogen and oxygen atoms in total. The number of aromatic amines is 1. The summed E-state index contributed by atoms with van der Waals surface area (Å²) < 4.78 is 13.7. The van der Waals surface area contributed by atoms with Crippen LogP contribution in [0.25, 0.3) is 22.4 Å². The number of aryl methyl sites for hydroxylation is 2. The van der Waals surface area contributed by atoms with Gasteiger partial charge >= 0.3 is 5.97 Å². The van der Waals surface area contributed by atoms with Gasteiger partial charge in [0, 0.05) is 11.6 Å². The number of hydrogen-bond donors (Lipinski definition) is 2. The number of hydrogen-bond acceptors (Lipinski definition) is 2. The monoisotopic (exact) mass is 284 g/mol. The van der Waals surface area contributed by atoms with Crippen LogP contribution in [0.4, 0.5) is 4.39 Å². The van der Waals surface area contributed by atoms with Crippen LogP contribution in [0.2, 0.25) is 0 Å². The Kier molecular flexibility index (Phi) is 2.97. The van der Waals surface area contributed by atoms with E-state index in [1.807, 2.05) is 32.0 Å². The van der Waals surface area contributed by atoms with Gasteiger partial charge in [-0.25, -0.2) is 14.2 Å². The van der Waals surface area contributed by atoms with Crippen molar-refractivity contribution in [2.24, 2.45) is 0 Å². The van der Waals surface area contributed by atoms with Gasteiger partial charge in [-0.1, -0.05) is 17.2 Å². The number of nitrogens with zero attached hydrogens (tertiary/aromatic N) is 1. The summed E-state index contributed by atoms with van der Waals surface area (Å²) in [5, 5.41) is 8.94. The van der Waals surface area contributed by atoms with E-state index in [1.165, 1.54) is 6.07 Å². The number of carbonyl (C=O) groups is 1. The first kappa shape index (κ1) is 13.3. The molecule has 1 heterocycles. The molecular formula is C16H13FN2O2. The van der Waals surface area contributed by atoms with Gasteiger partial charge in [0.05, 0.1) is 16.6 Å². The second-order valence-corrected chi connectivity index (χ2v) is 5.12. The summed E-state index contributed by atoms with van der Waals surface area (Å²) in [5.41, 5.74) is 3.63. The number of fused-ring (bicyclic) bond motifs is 1. The van der Waals surface area contributed by atoms with Gasteiger partial charge < -0.3 is 10.1 Å². The molecule has 2 aromatic carbocycles. The minimum absolute atomic E-state index is 0.374. The molecule has 1 aromatic heterocycles. The Morgan fingerprint density at radius 3 is 2.43 bits per heavy atom. The van der Waals surface area contributed by atoms with Crippen molar-refractivity contribution in [1.82, 2.24) is 9.97 Å². The number of aromatic carboxylic acids is 1. The second kappa shape index (κ2) is 4.70. The average Bonchev–Trinajstić information content (AvgIpc) is 2.79. The molecule has 2 N–H and O–H groups in total. The average molecular weight is 284 g/mol. The van der Waals surface area contributed by atoms with E-state index >= 15 is 0 Å². The Morgan fingerprint density at radius 1 is 1.14 bits per heavy atom. The maximum absolute atomic E-state index is 13.7. The number of H-pyrrole nitrogens is 1. The molecule has 3 aromatic rings. The van der Waals surface area contributed by atoms with Crippen LogP contribution in [0.15, 0.2) is 30.3 Å². The lowest BCUT2D eigenvalue weighted by molar-refractivity contribution is 0.0692. The molecule has 0 bridgehead atoms. The molecule has 0 amide bonds. The van der Waals surface area contributed by atoms with Crippen molar-refractivity contribution in [2.75, 3.05) is 0 Å². The van der Waals surface area contributed by atoms with Gasteiger partial charge in [-0.05, 0) is 32.0 Å². The van der Waals surface area contributed by atoms with Gasteiger partial charge in [-0.15, -0.1) is 0 Å². The summed E-state index contributed by atoms with van der Waals surface area (Å²) in [6.07, 6.45) is 0. The minimum atomic E-state index is -1.30. The lowest BCUT2D eigenvalue weighted by atomic mass is 10.1. The highest BCUT2D eigenvalue weighted by Crippen LogP contribution is 2.24. The number of imidazole rings is 1. The maximum Gasteiger partial charge on any atom is 0.338 e. The zero-order chi connectivity index (χ0) is 15.1. The van der Waals surface area contributed by atoms with E-state index in [4.69, 9.17) is 5.11 Å². The summed E-state index contributed by atoms with van der Waals surface area (Å²) in [6, 6.07) is 8.40. The molecule has 0 atom stereocenters. The van der Waals surface area contributed by atoms with Crippen LogP contribution in [-0.4, -0.2) is 21.0 Å². The predicted octanol–water partition coefficient (Wildman–Crippen LogP) is 3.68. The molecule has 0 aliphatic heterocycles. The van der Waals surface area contributed by atoms with Gasteiger partial charge in [-0.2, -0.15) is 0 Å². The first-order valence-electron chi connectivity index (χ1n) is 6.45. The fraction of sp³-hybridized carbons (Fsp3) is 0.125. The van der Waals surface area contributed by atoms with Gasteiger partial charge in [0.15, 0.2) is 0 Å². The van der Waals surface area contributed by atoms with Crippen LogP contribution in [0.5, 0.6) is 0 Å². The SMILES string of the molecule is Cc1cc(C)cc(-c2nc3cc(C(=O)O)c(F)cc3[nH]2)c1. The summed E-state index contributed by atoms with van der Waals surface area (Å²) in [4.78, 5) is 18.3. The van der Waals surface area contributed by atoms with Crippen molar-refractivity contribution in [3.05, 3.63) is 52.8 Å². The number of rotatable bonds is 2. The third kappa shape index (κ3) is 2.38. The number of nitrogens with one attached hydrogen (secondary N) is 1. The third-order valence-corrected chi connectivity index (χ3v) is 3.30. The Morgan fingerprint density at radius 2 is 1.81 bits per heavy atom. The summed E-state index contributed by atoms with van der Waals surface area (Å²) >= 11 is 0. The number of carboxylic acids is 1. The van der Waals surface area contributed by atoms with Crippen molar-refractivity contribution < 1.29 is 14.3 Å². The van der Waals surface area contributed by atoms with Crippen LogP contribution in [0.3, 0.4) is 0 Å². The molecule has 0 radical (unpaired) electrons. The highest BCUT2D eigenvalue weighted by Gasteiger charge is 2.14. The molecule has 0 unspecified atom stereocenters. The number of halogens is 1. The van der Waals surface area contributed by atoms with E-state index in [0.717, 1.165) is 22.8 Å². The zero-order valence-corrected chi connectivity index (χ0v) is 11.6. The molecule has 21 heavy (non-hydrogen) atoms. The smallest absolute Gasteiger partial charge is 0.338 e. The van der Waals surface area contributed by atoms with Gasteiger partial charge in [0.1, 0.15) is 11.6 Å². The van der Waals surface area contributed by atoms with Crippen molar-refractivity contribution in [3.63, 3.8) is 0 Å². The van der Waals surface area contributed by atoms with Crippen molar-refractivity contribution in [3.8, 4) is 11.4 Å². The summed E-state index contributed by atoms with van der Waals surface area (Å²) in [6.45, 7) is 3.97. The van der Waals surface area contributed by atoms with Crippen LogP contribution >= 0.6 is 0 Å². The van der Waals surface area contributed by atoms with Gasteiger partial charge in [0.25, 0.3) is 0 Å². The Balaban J connectivity index is 2.19. The largest absolute Gasteiger partial charge is 0.478 e. The molecular weight excluding hydrogens is 271 g/mol. The number of aromatic nitrogens is 2. The van der Waals surface area contributed by atoms with Gasteiger partial charge in [0.2, 0.25) is 0 Å². The topological polar surface area (TPSA) is 66.0 Å². The lowest BCUT2D eigenvalue weighted by Crippen LogP contribution is -1.99. The molecule has 0 fully saturated rings. The fourth-order valence-electron chi connectivity index (χ4n) is 2.44. The minimum Gasteiger partial charge on any atom is -0.478 e. The third-order valence-electron chi connectivity index (χ3n) is 3.30. The molecule has 0 saturated carbocycles. The van der Waals surface area contributed by atoms with Crippen LogP contribution in [0, 0.1) is 19.7 Å². The molecule has 0 saturated heterocycles. The van der Waals surface area contributed by atoms with E-state index < -0.39 is 11.8 Å². The molecule has 5 heteroatoms. The van der Waals surface area contributed by atoms with Gasteiger partial charge in [-0.3, -0.25) is 0 Å². The fourth-order valence-corrected chi connectivity index (χ4v) is 2.44. The van der Waals surface area contributed by atoms with Crippen molar-refractivity contribution >= 4 is 17.0 Å². The summed E-state index contributed by atoms with van der Waals surface area (Å²) in [5.74, 6) is -1.48.